The maximum Gasteiger partial charge on any atom is 0.261 e. The molecule has 0 aliphatic heterocycles. The molecule has 0 bridgehead atoms. The lowest BCUT2D eigenvalue weighted by Gasteiger charge is -2.17. The Labute approximate surface area is 113 Å². The molecule has 0 aromatic carbocycles. The third kappa shape index (κ3) is 6.63. The quantitative estimate of drug-likeness (QED) is 0.664. The highest BCUT2D eigenvalue weighted by Gasteiger charge is 2.10. The van der Waals surface area contributed by atoms with E-state index in [2.05, 4.69) is 10.4 Å². The van der Waals surface area contributed by atoms with Gasteiger partial charge in [0.05, 0.1) is 0 Å². The normalized spacial score (nSPS) is 13.1. The second-order valence-corrected chi connectivity index (χ2v) is 4.49. The predicted molar refractivity (Wildman–Crippen MR) is 70.4 cm³/mol. The Balaban J connectivity index is 2.26. The van der Waals surface area contributed by atoms with Crippen molar-refractivity contribution in [3.8, 4) is 0 Å². The van der Waals surface area contributed by atoms with Crippen molar-refractivity contribution >= 4 is 0 Å². The van der Waals surface area contributed by atoms with Crippen LogP contribution < -0.4 is 5.32 Å². The molecule has 110 valence electrons. The monoisotopic (exact) mass is 275 g/mol. The van der Waals surface area contributed by atoms with Gasteiger partial charge < -0.3 is 10.1 Å². The van der Waals surface area contributed by atoms with Gasteiger partial charge in [0.2, 0.25) is 0 Å². The highest BCUT2D eigenvalue weighted by atomic mass is 19.3. The number of aromatic nitrogens is 2. The van der Waals surface area contributed by atoms with Crippen LogP contribution in [0.3, 0.4) is 0 Å². The van der Waals surface area contributed by atoms with E-state index in [1.54, 1.807) is 6.20 Å². The smallest absolute Gasteiger partial charge is 0.261 e. The molecular weight excluding hydrogens is 252 g/mol. The molecule has 1 heterocycles. The van der Waals surface area contributed by atoms with Gasteiger partial charge in [-0.3, -0.25) is 4.68 Å². The number of halogens is 2. The molecule has 0 saturated heterocycles. The van der Waals surface area contributed by atoms with Gasteiger partial charge in [-0.2, -0.15) is 5.10 Å². The van der Waals surface area contributed by atoms with Crippen LogP contribution in [0.2, 0.25) is 0 Å². The molecule has 0 aliphatic rings. The summed E-state index contributed by atoms with van der Waals surface area (Å²) >= 11 is 0. The lowest BCUT2D eigenvalue weighted by molar-refractivity contribution is 0.0142. The van der Waals surface area contributed by atoms with Gasteiger partial charge in [-0.25, -0.2) is 8.78 Å². The number of nitrogens with one attached hydrogen (secondary N) is 1. The maximum atomic E-state index is 11.9. The van der Waals surface area contributed by atoms with Crippen LogP contribution in [-0.4, -0.2) is 42.0 Å². The second kappa shape index (κ2) is 8.98. The summed E-state index contributed by atoms with van der Waals surface area (Å²) in [5.74, 6) is 0. The van der Waals surface area contributed by atoms with Crippen LogP contribution in [0.1, 0.15) is 25.5 Å². The summed E-state index contributed by atoms with van der Waals surface area (Å²) in [4.78, 5) is 0. The van der Waals surface area contributed by atoms with Gasteiger partial charge in [-0.1, -0.05) is 6.92 Å². The summed E-state index contributed by atoms with van der Waals surface area (Å²) in [6.45, 7) is 2.80. The van der Waals surface area contributed by atoms with E-state index < -0.39 is 13.0 Å². The Hall–Kier alpha value is -1.01. The van der Waals surface area contributed by atoms with E-state index >= 15 is 0 Å². The predicted octanol–water partition coefficient (Wildman–Crippen LogP) is 2.00. The molecule has 1 atom stereocenters. The fourth-order valence-electron chi connectivity index (χ4n) is 2.00. The zero-order valence-corrected chi connectivity index (χ0v) is 11.6. The molecule has 0 fully saturated rings. The standard InChI is InChI=1S/C13H23F2N3O/c1-3-16-11(7-9-19-10-13(14)15)4-5-12-6-8-17-18(12)2/h6,8,11,13,16H,3-5,7,9-10H2,1-2H3. The van der Waals surface area contributed by atoms with Crippen molar-refractivity contribution in [2.24, 2.45) is 7.05 Å². The van der Waals surface area contributed by atoms with Crippen LogP contribution in [0.5, 0.6) is 0 Å². The fraction of sp³-hybridized carbons (Fsp3) is 0.769. The third-order valence-electron chi connectivity index (χ3n) is 3.02. The first kappa shape index (κ1) is 16.0. The number of ether oxygens (including phenoxy) is 1. The van der Waals surface area contributed by atoms with E-state index in [1.807, 2.05) is 24.7 Å². The topological polar surface area (TPSA) is 39.1 Å². The van der Waals surface area contributed by atoms with Crippen molar-refractivity contribution in [3.05, 3.63) is 18.0 Å². The van der Waals surface area contributed by atoms with Crippen molar-refractivity contribution in [2.75, 3.05) is 19.8 Å². The molecule has 0 aliphatic carbocycles. The number of hydrogen-bond acceptors (Lipinski definition) is 3. The Bertz CT molecular complexity index is 344. The number of aryl methyl sites for hydroxylation is 2. The van der Waals surface area contributed by atoms with E-state index in [0.717, 1.165) is 25.8 Å². The first-order valence-electron chi connectivity index (χ1n) is 6.69. The molecule has 1 unspecified atom stereocenters. The minimum Gasteiger partial charge on any atom is -0.375 e. The molecule has 6 heteroatoms. The third-order valence-corrected chi connectivity index (χ3v) is 3.02. The van der Waals surface area contributed by atoms with Crippen LogP contribution in [-0.2, 0) is 18.2 Å². The minimum absolute atomic E-state index is 0.289. The van der Waals surface area contributed by atoms with Gasteiger partial charge in [-0.05, 0) is 31.9 Å². The van der Waals surface area contributed by atoms with Crippen LogP contribution in [0.4, 0.5) is 8.78 Å². The van der Waals surface area contributed by atoms with Gasteiger partial charge in [-0.15, -0.1) is 0 Å². The first-order valence-corrected chi connectivity index (χ1v) is 6.69. The molecule has 0 amide bonds. The van der Waals surface area contributed by atoms with Gasteiger partial charge in [0.1, 0.15) is 6.61 Å². The first-order chi connectivity index (χ1) is 9.13. The summed E-state index contributed by atoms with van der Waals surface area (Å²) in [7, 11) is 1.92. The van der Waals surface area contributed by atoms with Crippen LogP contribution in [0, 0.1) is 0 Å². The van der Waals surface area contributed by atoms with Crippen molar-refractivity contribution in [1.29, 1.82) is 0 Å². The van der Waals surface area contributed by atoms with E-state index in [9.17, 15) is 8.78 Å². The average Bonchev–Trinajstić information content (AvgIpc) is 2.77. The highest BCUT2D eigenvalue weighted by Crippen LogP contribution is 2.07. The van der Waals surface area contributed by atoms with E-state index in [-0.39, 0.29) is 6.04 Å². The zero-order valence-electron chi connectivity index (χ0n) is 11.6. The van der Waals surface area contributed by atoms with Crippen molar-refractivity contribution in [3.63, 3.8) is 0 Å². The number of rotatable bonds is 10. The Morgan fingerprint density at radius 2 is 2.21 bits per heavy atom. The Morgan fingerprint density at radius 3 is 2.79 bits per heavy atom. The molecule has 0 radical (unpaired) electrons. The van der Waals surface area contributed by atoms with Crippen molar-refractivity contribution in [2.45, 2.75) is 38.7 Å². The molecular formula is C13H23F2N3O. The maximum absolute atomic E-state index is 11.9. The van der Waals surface area contributed by atoms with Crippen molar-refractivity contribution < 1.29 is 13.5 Å². The van der Waals surface area contributed by atoms with Gasteiger partial charge in [0.15, 0.2) is 0 Å². The molecule has 1 N–H and O–H groups in total. The molecule has 0 spiro atoms. The van der Waals surface area contributed by atoms with E-state index in [1.165, 1.54) is 5.69 Å². The Morgan fingerprint density at radius 1 is 1.42 bits per heavy atom. The molecule has 0 saturated carbocycles. The summed E-state index contributed by atoms with van der Waals surface area (Å²) < 4.78 is 30.7. The number of nitrogens with zero attached hydrogens (tertiary/aromatic N) is 2. The minimum atomic E-state index is -2.38. The lowest BCUT2D eigenvalue weighted by atomic mass is 10.1. The Kier molecular flexibility index (Phi) is 7.59. The summed E-state index contributed by atoms with van der Waals surface area (Å²) in [6.07, 6.45) is 2.02. The molecule has 1 aromatic heterocycles. The molecule has 1 rings (SSSR count). The molecule has 19 heavy (non-hydrogen) atoms. The number of hydrogen-bond donors (Lipinski definition) is 1. The van der Waals surface area contributed by atoms with Crippen molar-refractivity contribution in [1.82, 2.24) is 15.1 Å². The van der Waals surface area contributed by atoms with Gasteiger partial charge in [0, 0.05) is 31.6 Å². The zero-order chi connectivity index (χ0) is 14.1. The largest absolute Gasteiger partial charge is 0.375 e. The summed E-state index contributed by atoms with van der Waals surface area (Å²) in [6, 6.07) is 2.29. The van der Waals surface area contributed by atoms with Crippen LogP contribution in [0.15, 0.2) is 12.3 Å². The van der Waals surface area contributed by atoms with E-state index in [4.69, 9.17) is 4.74 Å². The molecule has 1 aromatic rings. The average molecular weight is 275 g/mol. The lowest BCUT2D eigenvalue weighted by Crippen LogP contribution is -2.31. The molecule has 4 nitrogen and oxygen atoms in total. The van der Waals surface area contributed by atoms with E-state index in [0.29, 0.717) is 6.61 Å². The van der Waals surface area contributed by atoms with Crippen LogP contribution in [0.25, 0.3) is 0 Å². The fourth-order valence-corrected chi connectivity index (χ4v) is 2.00. The van der Waals surface area contributed by atoms with Gasteiger partial charge in [0.25, 0.3) is 6.43 Å². The van der Waals surface area contributed by atoms with Gasteiger partial charge >= 0.3 is 0 Å². The highest BCUT2D eigenvalue weighted by molar-refractivity contribution is 5.00. The SMILES string of the molecule is CCNC(CCOCC(F)F)CCc1ccnn1C. The second-order valence-electron chi connectivity index (χ2n) is 4.49. The van der Waals surface area contributed by atoms with Crippen LogP contribution >= 0.6 is 0 Å². The number of alkyl halides is 2. The summed E-state index contributed by atoms with van der Waals surface area (Å²) in [5.41, 5.74) is 1.18. The summed E-state index contributed by atoms with van der Waals surface area (Å²) in [5, 5.41) is 7.48.